The van der Waals surface area contributed by atoms with Gasteiger partial charge < -0.3 is 14.8 Å². The minimum absolute atomic E-state index is 0.0804. The predicted octanol–water partition coefficient (Wildman–Crippen LogP) is 1.45. The van der Waals surface area contributed by atoms with E-state index < -0.39 is 11.9 Å². The van der Waals surface area contributed by atoms with Crippen molar-refractivity contribution in [2.45, 2.75) is 5.16 Å². The number of carbonyl (C=O) groups is 2. The summed E-state index contributed by atoms with van der Waals surface area (Å²) in [5.74, 6) is -2.01. The molecule has 0 aliphatic rings. The summed E-state index contributed by atoms with van der Waals surface area (Å²) in [5.41, 5.74) is 1.48. The van der Waals surface area contributed by atoms with Crippen LogP contribution in [-0.2, 0) is 11.8 Å². The molecule has 0 spiro atoms. The van der Waals surface area contributed by atoms with E-state index in [1.54, 1.807) is 17.7 Å². The van der Waals surface area contributed by atoms with Crippen LogP contribution in [0.25, 0.3) is 11.0 Å². The van der Waals surface area contributed by atoms with E-state index in [0.29, 0.717) is 10.7 Å². The number of aromatic carboxylic acids is 1. The van der Waals surface area contributed by atoms with Crippen molar-refractivity contribution in [2.24, 2.45) is 7.05 Å². The van der Waals surface area contributed by atoms with Gasteiger partial charge in [0.15, 0.2) is 5.16 Å². The van der Waals surface area contributed by atoms with Crippen molar-refractivity contribution >= 4 is 34.7 Å². The Morgan fingerprint density at radius 3 is 2.72 bits per heavy atom. The average Bonchev–Trinajstić information content (AvgIpc) is 2.63. The average molecular weight is 266 g/mol. The van der Waals surface area contributed by atoms with E-state index in [0.717, 1.165) is 17.3 Å². The number of fused-ring (bicyclic) bond motifs is 1. The van der Waals surface area contributed by atoms with Crippen molar-refractivity contribution in [1.82, 2.24) is 9.55 Å². The quantitative estimate of drug-likeness (QED) is 0.814. The van der Waals surface area contributed by atoms with Crippen molar-refractivity contribution in [3.8, 4) is 0 Å². The molecule has 0 fully saturated rings. The van der Waals surface area contributed by atoms with Crippen molar-refractivity contribution in [3.05, 3.63) is 23.8 Å². The Morgan fingerprint density at radius 1 is 1.39 bits per heavy atom. The first-order valence-electron chi connectivity index (χ1n) is 5.03. The highest BCUT2D eigenvalue weighted by atomic mass is 32.2. The largest absolute Gasteiger partial charge is 0.481 e. The minimum atomic E-state index is -1.01. The molecule has 0 amide bonds. The Bertz CT molecular complexity index is 635. The molecule has 0 unspecified atom stereocenters. The van der Waals surface area contributed by atoms with E-state index in [-0.39, 0.29) is 11.3 Å². The van der Waals surface area contributed by atoms with Crippen LogP contribution in [-0.4, -0.2) is 37.5 Å². The first-order valence-corrected chi connectivity index (χ1v) is 6.02. The standard InChI is InChI=1S/C11H10N2O4S/c1-13-8-3-2-6(10(16)17)4-7(8)12-11(13)18-5-9(14)15/h2-4H,5H2,1H3,(H,14,15)(H,16,17). The summed E-state index contributed by atoms with van der Waals surface area (Å²) in [6, 6.07) is 4.64. The highest BCUT2D eigenvalue weighted by Gasteiger charge is 2.12. The van der Waals surface area contributed by atoms with Crippen LogP contribution < -0.4 is 0 Å². The van der Waals surface area contributed by atoms with E-state index >= 15 is 0 Å². The summed E-state index contributed by atoms with van der Waals surface area (Å²) >= 11 is 1.10. The number of aryl methyl sites for hydroxylation is 1. The molecule has 1 aromatic heterocycles. The molecule has 6 nitrogen and oxygen atoms in total. The zero-order valence-electron chi connectivity index (χ0n) is 9.45. The van der Waals surface area contributed by atoms with Crippen molar-refractivity contribution in [3.63, 3.8) is 0 Å². The number of benzene rings is 1. The Labute approximate surface area is 106 Å². The summed E-state index contributed by atoms with van der Waals surface area (Å²) in [4.78, 5) is 25.6. The van der Waals surface area contributed by atoms with E-state index in [1.165, 1.54) is 12.1 Å². The van der Waals surface area contributed by atoms with Crippen LogP contribution in [0, 0.1) is 0 Å². The fraction of sp³-hybridized carbons (Fsp3) is 0.182. The molecule has 0 aliphatic carbocycles. The molecule has 0 atom stereocenters. The second-order valence-electron chi connectivity index (χ2n) is 3.64. The van der Waals surface area contributed by atoms with Gasteiger partial charge in [-0.15, -0.1) is 0 Å². The molecule has 0 saturated carbocycles. The Balaban J connectivity index is 2.42. The molecule has 94 valence electrons. The van der Waals surface area contributed by atoms with Gasteiger partial charge in [-0.25, -0.2) is 9.78 Å². The van der Waals surface area contributed by atoms with Gasteiger partial charge in [0.2, 0.25) is 0 Å². The van der Waals surface area contributed by atoms with Gasteiger partial charge in [0.25, 0.3) is 0 Å². The second kappa shape index (κ2) is 4.69. The lowest BCUT2D eigenvalue weighted by atomic mass is 10.2. The number of carboxylic acids is 2. The predicted molar refractivity (Wildman–Crippen MR) is 66.0 cm³/mol. The molecule has 2 aromatic rings. The lowest BCUT2D eigenvalue weighted by Crippen LogP contribution is -2.00. The Morgan fingerprint density at radius 2 is 2.11 bits per heavy atom. The Hall–Kier alpha value is -2.02. The number of imidazole rings is 1. The van der Waals surface area contributed by atoms with Crippen LogP contribution in [0.4, 0.5) is 0 Å². The lowest BCUT2D eigenvalue weighted by Gasteiger charge is -1.99. The molecule has 0 aliphatic heterocycles. The molecular formula is C11H10N2O4S. The third kappa shape index (κ3) is 2.30. The number of hydrogen-bond donors (Lipinski definition) is 2. The second-order valence-corrected chi connectivity index (χ2v) is 4.59. The van der Waals surface area contributed by atoms with Gasteiger partial charge in [-0.2, -0.15) is 0 Å². The number of hydrogen-bond acceptors (Lipinski definition) is 4. The van der Waals surface area contributed by atoms with E-state index in [2.05, 4.69) is 4.98 Å². The highest BCUT2D eigenvalue weighted by Crippen LogP contribution is 2.23. The first kappa shape index (κ1) is 12.4. The molecule has 0 saturated heterocycles. The van der Waals surface area contributed by atoms with Gasteiger partial charge in [-0.3, -0.25) is 4.79 Å². The summed E-state index contributed by atoms with van der Waals surface area (Å²) in [6.45, 7) is 0. The normalized spacial score (nSPS) is 10.7. The maximum Gasteiger partial charge on any atom is 0.335 e. The van der Waals surface area contributed by atoms with Crippen LogP contribution >= 0.6 is 11.8 Å². The maximum absolute atomic E-state index is 10.8. The first-order chi connectivity index (χ1) is 8.49. The van der Waals surface area contributed by atoms with Gasteiger partial charge in [0.05, 0.1) is 22.3 Å². The summed E-state index contributed by atoms with van der Waals surface area (Å²) in [5, 5.41) is 18.1. The molecule has 2 rings (SSSR count). The monoisotopic (exact) mass is 266 g/mol. The number of rotatable bonds is 4. The highest BCUT2D eigenvalue weighted by molar-refractivity contribution is 7.99. The fourth-order valence-corrected chi connectivity index (χ4v) is 2.27. The van der Waals surface area contributed by atoms with E-state index in [9.17, 15) is 9.59 Å². The SMILES string of the molecule is Cn1c(SCC(=O)O)nc2cc(C(=O)O)ccc21. The molecule has 18 heavy (non-hydrogen) atoms. The molecule has 7 heteroatoms. The summed E-state index contributed by atoms with van der Waals surface area (Å²) in [6.07, 6.45) is 0. The zero-order chi connectivity index (χ0) is 13.3. The van der Waals surface area contributed by atoms with E-state index in [1.807, 2.05) is 0 Å². The van der Waals surface area contributed by atoms with Gasteiger partial charge in [0.1, 0.15) is 0 Å². The molecule has 1 aromatic carbocycles. The van der Waals surface area contributed by atoms with Gasteiger partial charge in [-0.1, -0.05) is 11.8 Å². The number of nitrogens with zero attached hydrogens (tertiary/aromatic N) is 2. The minimum Gasteiger partial charge on any atom is -0.481 e. The van der Waals surface area contributed by atoms with Crippen LogP contribution in [0.3, 0.4) is 0 Å². The summed E-state index contributed by atoms with van der Waals surface area (Å²) < 4.78 is 1.74. The molecule has 0 radical (unpaired) electrons. The molecule has 0 bridgehead atoms. The van der Waals surface area contributed by atoms with Crippen LogP contribution in [0.2, 0.25) is 0 Å². The molecular weight excluding hydrogens is 256 g/mol. The molecule has 2 N–H and O–H groups in total. The number of carboxylic acid groups (broad SMARTS) is 2. The van der Waals surface area contributed by atoms with Crippen LogP contribution in [0.15, 0.2) is 23.4 Å². The van der Waals surface area contributed by atoms with Crippen LogP contribution in [0.1, 0.15) is 10.4 Å². The van der Waals surface area contributed by atoms with Gasteiger partial charge in [-0.05, 0) is 18.2 Å². The van der Waals surface area contributed by atoms with Gasteiger partial charge >= 0.3 is 11.9 Å². The topological polar surface area (TPSA) is 92.4 Å². The lowest BCUT2D eigenvalue weighted by molar-refractivity contribution is -0.133. The third-order valence-corrected chi connectivity index (χ3v) is 3.43. The maximum atomic E-state index is 10.8. The summed E-state index contributed by atoms with van der Waals surface area (Å²) in [7, 11) is 1.76. The van der Waals surface area contributed by atoms with Crippen LogP contribution in [0.5, 0.6) is 0 Å². The zero-order valence-corrected chi connectivity index (χ0v) is 10.3. The number of aromatic nitrogens is 2. The smallest absolute Gasteiger partial charge is 0.335 e. The van der Waals surface area contributed by atoms with Crippen molar-refractivity contribution in [1.29, 1.82) is 0 Å². The molecule has 1 heterocycles. The number of aliphatic carboxylic acids is 1. The van der Waals surface area contributed by atoms with E-state index in [4.69, 9.17) is 10.2 Å². The van der Waals surface area contributed by atoms with Crippen molar-refractivity contribution in [2.75, 3.05) is 5.75 Å². The Kier molecular flexibility index (Phi) is 3.24. The number of thioether (sulfide) groups is 1. The van der Waals surface area contributed by atoms with Crippen molar-refractivity contribution < 1.29 is 19.8 Å². The third-order valence-electron chi connectivity index (χ3n) is 2.41. The fourth-order valence-electron chi connectivity index (χ4n) is 1.57. The van der Waals surface area contributed by atoms with Gasteiger partial charge in [0, 0.05) is 7.05 Å².